The van der Waals surface area contributed by atoms with E-state index in [4.69, 9.17) is 5.11 Å². The molecule has 0 aromatic heterocycles. The van der Waals surface area contributed by atoms with Crippen molar-refractivity contribution >= 4 is 17.7 Å². The zero-order chi connectivity index (χ0) is 19.3. The van der Waals surface area contributed by atoms with Gasteiger partial charge in [-0.15, -0.1) is 11.8 Å². The zero-order valence-electron chi connectivity index (χ0n) is 16.7. The molecule has 0 bridgehead atoms. The van der Waals surface area contributed by atoms with E-state index in [0.717, 1.165) is 44.3 Å². The van der Waals surface area contributed by atoms with Crippen LogP contribution in [0.2, 0.25) is 0 Å². The molecule has 0 saturated heterocycles. The lowest BCUT2D eigenvalue weighted by molar-refractivity contribution is -0.136. The van der Waals surface area contributed by atoms with E-state index in [1.165, 1.54) is 37.4 Å². The summed E-state index contributed by atoms with van der Waals surface area (Å²) in [4.78, 5) is 10.7. The monoisotopic (exact) mass is 378 g/mol. The highest BCUT2D eigenvalue weighted by Gasteiger charge is 2.09. The molecule has 0 rings (SSSR count). The van der Waals surface area contributed by atoms with Gasteiger partial charge in [0.1, 0.15) is 0 Å². The summed E-state index contributed by atoms with van der Waals surface area (Å²) in [6.45, 7) is 3.99. The van der Waals surface area contributed by atoms with Gasteiger partial charge in [-0.3, -0.25) is 4.79 Å². The van der Waals surface area contributed by atoms with Gasteiger partial charge in [0.05, 0.1) is 5.25 Å². The number of rotatable bonds is 17. The van der Waals surface area contributed by atoms with Crippen LogP contribution in [-0.4, -0.2) is 22.1 Å². The van der Waals surface area contributed by atoms with Crippen LogP contribution in [0.5, 0.6) is 0 Å². The molecule has 0 aromatic carbocycles. The minimum Gasteiger partial charge on any atom is -0.480 e. The maximum atomic E-state index is 10.7. The second-order valence-electron chi connectivity index (χ2n) is 6.44. The Morgan fingerprint density at radius 2 is 1.27 bits per heavy atom. The van der Waals surface area contributed by atoms with Crippen LogP contribution in [0.25, 0.3) is 0 Å². The van der Waals surface area contributed by atoms with Gasteiger partial charge in [0.25, 0.3) is 0 Å². The lowest BCUT2D eigenvalue weighted by Gasteiger charge is -2.04. The van der Waals surface area contributed by atoms with E-state index in [1.54, 1.807) is 6.92 Å². The summed E-state index contributed by atoms with van der Waals surface area (Å²) in [7, 11) is 0. The molecular formula is C23H38O2S. The number of carboxylic acids is 1. The lowest BCUT2D eigenvalue weighted by atomic mass is 10.2. The summed E-state index contributed by atoms with van der Waals surface area (Å²) in [5.74, 6) is 0.219. The molecule has 148 valence electrons. The number of carboxylic acid groups (broad SMARTS) is 1. The molecule has 0 fully saturated rings. The summed E-state index contributed by atoms with van der Waals surface area (Å²) < 4.78 is 0. The fourth-order valence-corrected chi connectivity index (χ4v) is 3.12. The number of carbonyl (C=O) groups is 1. The minimum atomic E-state index is -0.713. The molecule has 26 heavy (non-hydrogen) atoms. The SMILES string of the molecule is CCCCC/C=C\C/C=C\C/C=C\C/C=C\CCCCSC(C)C(=O)O. The topological polar surface area (TPSA) is 37.3 Å². The largest absolute Gasteiger partial charge is 0.480 e. The first kappa shape index (κ1) is 24.8. The van der Waals surface area contributed by atoms with Crippen molar-refractivity contribution in [2.24, 2.45) is 0 Å². The van der Waals surface area contributed by atoms with Crippen LogP contribution in [-0.2, 0) is 4.79 Å². The van der Waals surface area contributed by atoms with Gasteiger partial charge in [0, 0.05) is 0 Å². The normalized spacial score (nSPS) is 13.6. The molecule has 1 N–H and O–H groups in total. The third-order valence-electron chi connectivity index (χ3n) is 3.94. The van der Waals surface area contributed by atoms with Crippen LogP contribution in [0.1, 0.15) is 78.1 Å². The van der Waals surface area contributed by atoms with Gasteiger partial charge in [-0.1, -0.05) is 68.4 Å². The summed E-state index contributed by atoms with van der Waals surface area (Å²) >= 11 is 1.53. The summed E-state index contributed by atoms with van der Waals surface area (Å²) in [6.07, 6.45) is 29.4. The molecule has 1 unspecified atom stereocenters. The van der Waals surface area contributed by atoms with Gasteiger partial charge < -0.3 is 5.11 Å². The summed E-state index contributed by atoms with van der Waals surface area (Å²) in [5.41, 5.74) is 0. The fourth-order valence-electron chi connectivity index (χ4n) is 2.26. The lowest BCUT2D eigenvalue weighted by Crippen LogP contribution is -2.11. The molecule has 0 amide bonds. The molecule has 3 heteroatoms. The number of allylic oxidation sites excluding steroid dienone is 8. The Balaban J connectivity index is 3.42. The second-order valence-corrected chi connectivity index (χ2v) is 7.88. The quantitative estimate of drug-likeness (QED) is 0.212. The maximum Gasteiger partial charge on any atom is 0.316 e. The molecule has 0 aliphatic heterocycles. The number of thioether (sulfide) groups is 1. The summed E-state index contributed by atoms with van der Waals surface area (Å²) in [6, 6.07) is 0. The number of hydrogen-bond donors (Lipinski definition) is 1. The first-order valence-corrected chi connectivity index (χ1v) is 11.2. The average Bonchev–Trinajstić information content (AvgIpc) is 2.63. The highest BCUT2D eigenvalue weighted by atomic mass is 32.2. The molecule has 0 aliphatic carbocycles. The third-order valence-corrected chi connectivity index (χ3v) is 5.16. The van der Waals surface area contributed by atoms with E-state index in [-0.39, 0.29) is 5.25 Å². The van der Waals surface area contributed by atoms with Crippen LogP contribution < -0.4 is 0 Å². The molecular weight excluding hydrogens is 340 g/mol. The van der Waals surface area contributed by atoms with Gasteiger partial charge in [0.15, 0.2) is 0 Å². The van der Waals surface area contributed by atoms with Crippen molar-refractivity contribution in [3.05, 3.63) is 48.6 Å². The highest BCUT2D eigenvalue weighted by molar-refractivity contribution is 8.00. The van der Waals surface area contributed by atoms with E-state index < -0.39 is 5.97 Å². The van der Waals surface area contributed by atoms with Crippen LogP contribution >= 0.6 is 11.8 Å². The molecule has 0 radical (unpaired) electrons. The molecule has 0 heterocycles. The van der Waals surface area contributed by atoms with Crippen molar-refractivity contribution in [2.75, 3.05) is 5.75 Å². The van der Waals surface area contributed by atoms with Gasteiger partial charge >= 0.3 is 5.97 Å². The van der Waals surface area contributed by atoms with Gasteiger partial charge in [-0.25, -0.2) is 0 Å². The Labute approximate surface area is 165 Å². The molecule has 0 spiro atoms. The van der Waals surface area contributed by atoms with Gasteiger partial charge in [-0.2, -0.15) is 0 Å². The number of hydrogen-bond acceptors (Lipinski definition) is 2. The van der Waals surface area contributed by atoms with Gasteiger partial charge in [-0.05, 0) is 64.0 Å². The van der Waals surface area contributed by atoms with E-state index in [9.17, 15) is 4.79 Å². The first-order valence-electron chi connectivity index (χ1n) is 10.1. The molecule has 2 nitrogen and oxygen atoms in total. The van der Waals surface area contributed by atoms with Crippen molar-refractivity contribution in [3.63, 3.8) is 0 Å². The molecule has 0 saturated carbocycles. The van der Waals surface area contributed by atoms with Crippen LogP contribution in [0.4, 0.5) is 0 Å². The van der Waals surface area contributed by atoms with Crippen LogP contribution in [0, 0.1) is 0 Å². The maximum absolute atomic E-state index is 10.7. The molecule has 1 atom stereocenters. The minimum absolute atomic E-state index is 0.286. The molecule has 0 aromatic rings. The van der Waals surface area contributed by atoms with Crippen molar-refractivity contribution in [1.29, 1.82) is 0 Å². The second kappa shape index (κ2) is 20.1. The third kappa shape index (κ3) is 19.1. The average molecular weight is 379 g/mol. The Hall–Kier alpha value is -1.22. The van der Waals surface area contributed by atoms with Crippen molar-refractivity contribution < 1.29 is 9.90 Å². The Morgan fingerprint density at radius 3 is 1.73 bits per heavy atom. The Morgan fingerprint density at radius 1 is 0.808 bits per heavy atom. The first-order chi connectivity index (χ1) is 12.7. The zero-order valence-corrected chi connectivity index (χ0v) is 17.6. The van der Waals surface area contributed by atoms with Crippen LogP contribution in [0.3, 0.4) is 0 Å². The van der Waals surface area contributed by atoms with Gasteiger partial charge in [0.2, 0.25) is 0 Å². The molecule has 0 aliphatic rings. The van der Waals surface area contributed by atoms with E-state index >= 15 is 0 Å². The van der Waals surface area contributed by atoms with E-state index in [2.05, 4.69) is 55.5 Å². The highest BCUT2D eigenvalue weighted by Crippen LogP contribution is 2.13. The fraction of sp³-hybridized carbons (Fsp3) is 0.609. The van der Waals surface area contributed by atoms with Crippen molar-refractivity contribution in [3.8, 4) is 0 Å². The van der Waals surface area contributed by atoms with E-state index in [1.807, 2.05) is 0 Å². The van der Waals surface area contributed by atoms with Crippen molar-refractivity contribution in [2.45, 2.75) is 83.3 Å². The van der Waals surface area contributed by atoms with E-state index in [0.29, 0.717) is 0 Å². The predicted octanol–water partition coefficient (Wildman–Crippen LogP) is 7.34. The number of unbranched alkanes of at least 4 members (excludes halogenated alkanes) is 5. The van der Waals surface area contributed by atoms with Crippen LogP contribution in [0.15, 0.2) is 48.6 Å². The Kier molecular flexibility index (Phi) is 19.2. The summed E-state index contributed by atoms with van der Waals surface area (Å²) in [5, 5.41) is 8.50. The van der Waals surface area contributed by atoms with Crippen molar-refractivity contribution in [1.82, 2.24) is 0 Å². The predicted molar refractivity (Wildman–Crippen MR) is 118 cm³/mol. The number of aliphatic carboxylic acids is 1. The Bertz CT molecular complexity index is 435. The standard InChI is InChI=1S/C23H38O2S/c1-3-4-5-6-7-8-9-10-11-12-13-14-15-16-17-18-19-20-21-26-22(2)23(24)25/h7-8,10-11,13-14,16-17,22H,3-6,9,12,15,18-21H2,1-2H3,(H,24,25)/b8-7-,11-10-,14-13-,17-16-. The smallest absolute Gasteiger partial charge is 0.316 e.